The molecule has 1 aromatic heterocycles. The van der Waals surface area contributed by atoms with E-state index >= 15 is 0 Å². The molecule has 0 unspecified atom stereocenters. The van der Waals surface area contributed by atoms with Crippen LogP contribution in [0.3, 0.4) is 0 Å². The first-order valence-electron chi connectivity index (χ1n) is 3.72. The average molecular weight is 345 g/mol. The van der Waals surface area contributed by atoms with Crippen molar-refractivity contribution in [2.75, 3.05) is 6.61 Å². The maximum Gasteiger partial charge on any atom is 0.380 e. The second-order valence-corrected chi connectivity index (χ2v) is 5.10. The average Bonchev–Trinajstić information content (AvgIpc) is 2.46. The Labute approximate surface area is 104 Å². The van der Waals surface area contributed by atoms with Crippen LogP contribution in [-0.4, -0.2) is 18.4 Å². The second-order valence-electron chi connectivity index (χ2n) is 2.28. The quantitative estimate of drug-likeness (QED) is 0.366. The van der Waals surface area contributed by atoms with Crippen LogP contribution < -0.4 is 0 Å². The van der Waals surface area contributed by atoms with E-state index in [1.165, 1.54) is 0 Å². The van der Waals surface area contributed by atoms with Gasteiger partial charge in [0, 0.05) is 3.57 Å². The molecule has 6 heteroatoms. The van der Waals surface area contributed by atoms with Gasteiger partial charge in [0.05, 0.1) is 11.5 Å². The van der Waals surface area contributed by atoms with Crippen LogP contribution in [0.1, 0.15) is 16.6 Å². The van der Waals surface area contributed by atoms with Gasteiger partial charge >= 0.3 is 5.97 Å². The van der Waals surface area contributed by atoms with Crippen molar-refractivity contribution in [1.29, 1.82) is 0 Å². The Balaban J connectivity index is 2.84. The van der Waals surface area contributed by atoms with Gasteiger partial charge < -0.3 is 4.74 Å². The van der Waals surface area contributed by atoms with E-state index in [-0.39, 0.29) is 6.61 Å². The molecule has 0 amide bonds. The standard InChI is InChI=1S/C8H6ClIO3S/c1-2-13-8(12)6(11)5-3-4(10)7(9)14-5/h3H,2H2,1H3. The molecule has 0 bridgehead atoms. The van der Waals surface area contributed by atoms with E-state index in [1.54, 1.807) is 13.0 Å². The number of rotatable bonds is 3. The van der Waals surface area contributed by atoms with Crippen molar-refractivity contribution in [3.05, 3.63) is 18.9 Å². The second kappa shape index (κ2) is 5.09. The van der Waals surface area contributed by atoms with Gasteiger partial charge in [-0.05, 0) is 35.6 Å². The summed E-state index contributed by atoms with van der Waals surface area (Å²) < 4.78 is 5.86. The zero-order valence-corrected chi connectivity index (χ0v) is 10.9. The van der Waals surface area contributed by atoms with Crippen LogP contribution >= 0.6 is 45.5 Å². The fourth-order valence-electron chi connectivity index (χ4n) is 0.756. The molecule has 0 aliphatic heterocycles. The molecule has 1 aromatic rings. The molecule has 1 rings (SSSR count). The van der Waals surface area contributed by atoms with E-state index in [2.05, 4.69) is 4.74 Å². The molecule has 0 N–H and O–H groups in total. The normalized spacial score (nSPS) is 9.93. The SMILES string of the molecule is CCOC(=O)C(=O)c1cc(I)c(Cl)s1. The predicted octanol–water partition coefficient (Wildman–Crippen LogP) is 2.75. The first-order valence-corrected chi connectivity index (χ1v) is 5.99. The minimum atomic E-state index is -0.832. The Morgan fingerprint density at radius 3 is 2.71 bits per heavy atom. The van der Waals surface area contributed by atoms with Crippen LogP contribution in [-0.2, 0) is 9.53 Å². The molecular formula is C8H6ClIO3S. The van der Waals surface area contributed by atoms with Crippen LogP contribution in [0.15, 0.2) is 6.07 Å². The summed E-state index contributed by atoms with van der Waals surface area (Å²) in [6, 6.07) is 1.58. The molecule has 0 aliphatic rings. The van der Waals surface area contributed by atoms with Crippen molar-refractivity contribution in [1.82, 2.24) is 0 Å². The molecule has 14 heavy (non-hydrogen) atoms. The largest absolute Gasteiger partial charge is 0.460 e. The van der Waals surface area contributed by atoms with E-state index < -0.39 is 11.8 Å². The lowest BCUT2D eigenvalue weighted by atomic mass is 10.3. The monoisotopic (exact) mass is 344 g/mol. The van der Waals surface area contributed by atoms with E-state index in [4.69, 9.17) is 11.6 Å². The molecule has 76 valence electrons. The maximum atomic E-state index is 11.4. The van der Waals surface area contributed by atoms with Crippen molar-refractivity contribution in [3.63, 3.8) is 0 Å². The Bertz CT molecular complexity index is 355. The first-order chi connectivity index (χ1) is 6.56. The summed E-state index contributed by atoms with van der Waals surface area (Å²) in [5.41, 5.74) is 0. The topological polar surface area (TPSA) is 43.4 Å². The molecule has 0 saturated heterocycles. The van der Waals surface area contributed by atoms with Crippen LogP contribution in [0.5, 0.6) is 0 Å². The molecule has 1 heterocycles. The number of Topliss-reactive ketones (excluding diaryl/α,β-unsaturated/α-hetero) is 1. The highest BCUT2D eigenvalue weighted by Crippen LogP contribution is 2.29. The van der Waals surface area contributed by atoms with Gasteiger partial charge in [-0.3, -0.25) is 4.79 Å². The molecule has 0 aliphatic carbocycles. The fourth-order valence-corrected chi connectivity index (χ4v) is 2.61. The van der Waals surface area contributed by atoms with Gasteiger partial charge in [-0.2, -0.15) is 0 Å². The predicted molar refractivity (Wildman–Crippen MR) is 63.0 cm³/mol. The molecule has 0 aromatic carbocycles. The lowest BCUT2D eigenvalue weighted by Crippen LogP contribution is -2.16. The Hall–Kier alpha value is -0.140. The molecule has 0 radical (unpaired) electrons. The van der Waals surface area contributed by atoms with E-state index in [0.717, 1.165) is 14.9 Å². The number of ketones is 1. The Kier molecular flexibility index (Phi) is 4.33. The lowest BCUT2D eigenvalue weighted by molar-refractivity contribution is -0.137. The summed E-state index contributed by atoms with van der Waals surface area (Å²) >= 11 is 8.84. The molecule has 0 spiro atoms. The van der Waals surface area contributed by atoms with Gasteiger partial charge in [0.2, 0.25) is 0 Å². The number of thiophene rings is 1. The number of carbonyl (C=O) groups is 2. The molecular weight excluding hydrogens is 339 g/mol. The summed E-state index contributed by atoms with van der Waals surface area (Å²) in [7, 11) is 0. The van der Waals surface area contributed by atoms with Crippen molar-refractivity contribution in [2.45, 2.75) is 6.92 Å². The molecule has 0 atom stereocenters. The highest BCUT2D eigenvalue weighted by Gasteiger charge is 2.20. The number of esters is 1. The van der Waals surface area contributed by atoms with Gasteiger partial charge in [-0.1, -0.05) is 11.6 Å². The highest BCUT2D eigenvalue weighted by atomic mass is 127. The Morgan fingerprint density at radius 2 is 2.29 bits per heavy atom. The van der Waals surface area contributed by atoms with Gasteiger partial charge in [-0.15, -0.1) is 11.3 Å². The van der Waals surface area contributed by atoms with Crippen LogP contribution in [0, 0.1) is 3.57 Å². The summed E-state index contributed by atoms with van der Waals surface area (Å²) in [5, 5.41) is 0. The third kappa shape index (κ3) is 2.68. The number of ether oxygens (including phenoxy) is 1. The van der Waals surface area contributed by atoms with E-state index in [0.29, 0.717) is 9.21 Å². The fraction of sp³-hybridized carbons (Fsp3) is 0.250. The zero-order valence-electron chi connectivity index (χ0n) is 7.17. The zero-order chi connectivity index (χ0) is 10.7. The summed E-state index contributed by atoms with van der Waals surface area (Å²) in [6.07, 6.45) is 0. The maximum absolute atomic E-state index is 11.4. The molecule has 3 nitrogen and oxygen atoms in total. The summed E-state index contributed by atoms with van der Waals surface area (Å²) in [6.45, 7) is 1.84. The number of carbonyl (C=O) groups excluding carboxylic acids is 2. The first kappa shape index (κ1) is 11.9. The van der Waals surface area contributed by atoms with Gasteiger partial charge in [0.25, 0.3) is 5.78 Å². The van der Waals surface area contributed by atoms with E-state index in [1.807, 2.05) is 22.6 Å². The van der Waals surface area contributed by atoms with Gasteiger partial charge in [0.1, 0.15) is 4.34 Å². The van der Waals surface area contributed by atoms with Crippen LogP contribution in [0.2, 0.25) is 4.34 Å². The third-order valence-electron chi connectivity index (χ3n) is 1.33. The number of hydrogen-bond acceptors (Lipinski definition) is 4. The highest BCUT2D eigenvalue weighted by molar-refractivity contribution is 14.1. The van der Waals surface area contributed by atoms with Gasteiger partial charge in [-0.25, -0.2) is 4.79 Å². The van der Waals surface area contributed by atoms with Crippen molar-refractivity contribution in [2.24, 2.45) is 0 Å². The summed E-state index contributed by atoms with van der Waals surface area (Å²) in [5.74, 6) is -1.47. The van der Waals surface area contributed by atoms with E-state index in [9.17, 15) is 9.59 Å². The molecule has 0 saturated carbocycles. The number of hydrogen-bond donors (Lipinski definition) is 0. The summed E-state index contributed by atoms with van der Waals surface area (Å²) in [4.78, 5) is 22.7. The minimum absolute atomic E-state index is 0.195. The van der Waals surface area contributed by atoms with Crippen LogP contribution in [0.25, 0.3) is 0 Å². The van der Waals surface area contributed by atoms with Crippen molar-refractivity contribution in [3.8, 4) is 0 Å². The Morgan fingerprint density at radius 1 is 1.64 bits per heavy atom. The smallest absolute Gasteiger partial charge is 0.380 e. The third-order valence-corrected chi connectivity index (χ3v) is 4.22. The minimum Gasteiger partial charge on any atom is -0.460 e. The lowest BCUT2D eigenvalue weighted by Gasteiger charge is -1.96. The van der Waals surface area contributed by atoms with Crippen molar-refractivity contribution >= 4 is 57.3 Å². The van der Waals surface area contributed by atoms with Crippen molar-refractivity contribution < 1.29 is 14.3 Å². The molecule has 0 fully saturated rings. The van der Waals surface area contributed by atoms with Gasteiger partial charge in [0.15, 0.2) is 0 Å². The number of halogens is 2. The van der Waals surface area contributed by atoms with Crippen LogP contribution in [0.4, 0.5) is 0 Å².